The first-order valence-electron chi connectivity index (χ1n) is 9.01. The van der Waals surface area contributed by atoms with Gasteiger partial charge in [-0.2, -0.15) is 0 Å². The van der Waals surface area contributed by atoms with E-state index in [-0.39, 0.29) is 24.5 Å². The summed E-state index contributed by atoms with van der Waals surface area (Å²) in [6.45, 7) is 0.806. The molecular weight excluding hydrogens is 302 g/mol. The van der Waals surface area contributed by atoms with Crippen LogP contribution in [0.1, 0.15) is 61.7 Å². The van der Waals surface area contributed by atoms with Crippen molar-refractivity contribution >= 4 is 11.7 Å². The highest BCUT2D eigenvalue weighted by atomic mass is 16.5. The summed E-state index contributed by atoms with van der Waals surface area (Å²) in [6.07, 6.45) is 8.27. The summed E-state index contributed by atoms with van der Waals surface area (Å²) >= 11 is 0. The largest absolute Gasteiger partial charge is 0.497 e. The topological polar surface area (TPSA) is 46.6 Å². The number of ketones is 1. The molecule has 0 unspecified atom stereocenters. The highest BCUT2D eigenvalue weighted by molar-refractivity contribution is 5.98. The number of hydrogen-bond acceptors (Lipinski definition) is 3. The van der Waals surface area contributed by atoms with Crippen LogP contribution in [0.5, 0.6) is 5.75 Å². The first-order valence-corrected chi connectivity index (χ1v) is 9.01. The van der Waals surface area contributed by atoms with Gasteiger partial charge in [0.2, 0.25) is 5.91 Å². The third-order valence-electron chi connectivity index (χ3n) is 5.00. The van der Waals surface area contributed by atoms with Crippen LogP contribution < -0.4 is 4.74 Å². The van der Waals surface area contributed by atoms with Gasteiger partial charge in [0.1, 0.15) is 5.75 Å². The van der Waals surface area contributed by atoms with E-state index in [1.54, 1.807) is 36.3 Å². The fourth-order valence-electron chi connectivity index (χ4n) is 3.31. The lowest BCUT2D eigenvalue weighted by atomic mass is 9.87. The van der Waals surface area contributed by atoms with Crippen molar-refractivity contribution in [2.24, 2.45) is 5.92 Å². The standard InChI is InChI=1S/C20H29NO3/c1-21(15-14-16-6-4-3-5-7-16)20(23)13-12-19(22)17-8-10-18(24-2)11-9-17/h8-11,16H,3-7,12-15H2,1-2H3. The number of methoxy groups -OCH3 is 1. The van der Waals surface area contributed by atoms with Crippen LogP contribution in [0, 0.1) is 5.92 Å². The average Bonchev–Trinajstić information content (AvgIpc) is 2.64. The van der Waals surface area contributed by atoms with E-state index in [1.165, 1.54) is 32.1 Å². The number of carbonyl (C=O) groups is 2. The van der Waals surface area contributed by atoms with Crippen LogP contribution in [-0.4, -0.2) is 37.3 Å². The molecule has 1 aliphatic carbocycles. The quantitative estimate of drug-likeness (QED) is 0.674. The molecule has 1 saturated carbocycles. The lowest BCUT2D eigenvalue weighted by molar-refractivity contribution is -0.130. The zero-order valence-corrected chi connectivity index (χ0v) is 14.9. The van der Waals surface area contributed by atoms with E-state index in [0.717, 1.165) is 24.6 Å². The van der Waals surface area contributed by atoms with Crippen LogP contribution in [0.25, 0.3) is 0 Å². The van der Waals surface area contributed by atoms with Crippen molar-refractivity contribution < 1.29 is 14.3 Å². The molecule has 4 heteroatoms. The van der Waals surface area contributed by atoms with Gasteiger partial charge in [-0.15, -0.1) is 0 Å². The molecule has 1 aliphatic rings. The predicted octanol–water partition coefficient (Wildman–Crippen LogP) is 4.09. The Morgan fingerprint density at radius 3 is 2.38 bits per heavy atom. The van der Waals surface area contributed by atoms with Crippen LogP contribution >= 0.6 is 0 Å². The molecule has 1 amide bonds. The zero-order valence-electron chi connectivity index (χ0n) is 14.9. The molecule has 0 N–H and O–H groups in total. The maximum atomic E-state index is 12.2. The highest BCUT2D eigenvalue weighted by Crippen LogP contribution is 2.26. The van der Waals surface area contributed by atoms with E-state index in [4.69, 9.17) is 4.74 Å². The summed E-state index contributed by atoms with van der Waals surface area (Å²) in [5.41, 5.74) is 0.633. The molecule has 0 aromatic heterocycles. The molecule has 24 heavy (non-hydrogen) atoms. The number of Topliss-reactive ketones (excluding diaryl/α,β-unsaturated/α-hetero) is 1. The molecule has 0 spiro atoms. The van der Waals surface area contributed by atoms with E-state index in [1.807, 2.05) is 7.05 Å². The first kappa shape index (κ1) is 18.5. The number of ether oxygens (including phenoxy) is 1. The van der Waals surface area contributed by atoms with Gasteiger partial charge in [0.25, 0.3) is 0 Å². The Kier molecular flexibility index (Phi) is 7.29. The van der Waals surface area contributed by atoms with Crippen molar-refractivity contribution in [1.29, 1.82) is 0 Å². The Balaban J connectivity index is 1.71. The second-order valence-electron chi connectivity index (χ2n) is 6.76. The first-order chi connectivity index (χ1) is 11.6. The average molecular weight is 331 g/mol. The van der Waals surface area contributed by atoms with Gasteiger partial charge in [0.15, 0.2) is 5.78 Å². The molecule has 0 atom stereocenters. The Morgan fingerprint density at radius 1 is 1.08 bits per heavy atom. The third kappa shape index (κ3) is 5.66. The molecule has 0 aliphatic heterocycles. The van der Waals surface area contributed by atoms with Gasteiger partial charge in [-0.05, 0) is 36.6 Å². The summed E-state index contributed by atoms with van der Waals surface area (Å²) in [5, 5.41) is 0. The lowest BCUT2D eigenvalue weighted by Gasteiger charge is -2.24. The van der Waals surface area contributed by atoms with E-state index >= 15 is 0 Å². The second-order valence-corrected chi connectivity index (χ2v) is 6.76. The van der Waals surface area contributed by atoms with Crippen LogP contribution in [0.3, 0.4) is 0 Å². The van der Waals surface area contributed by atoms with Crippen LogP contribution in [0.4, 0.5) is 0 Å². The van der Waals surface area contributed by atoms with Gasteiger partial charge >= 0.3 is 0 Å². The smallest absolute Gasteiger partial charge is 0.222 e. The number of benzene rings is 1. The van der Waals surface area contributed by atoms with E-state index in [2.05, 4.69) is 0 Å². The fraction of sp³-hybridized carbons (Fsp3) is 0.600. The number of rotatable bonds is 8. The second kappa shape index (κ2) is 9.45. The Labute approximate surface area is 145 Å². The molecule has 1 fully saturated rings. The summed E-state index contributed by atoms with van der Waals surface area (Å²) in [5.74, 6) is 1.57. The summed E-state index contributed by atoms with van der Waals surface area (Å²) in [6, 6.07) is 7.04. The van der Waals surface area contributed by atoms with Crippen LogP contribution in [0.15, 0.2) is 24.3 Å². The Morgan fingerprint density at radius 2 is 1.75 bits per heavy atom. The van der Waals surface area contributed by atoms with Crippen molar-refractivity contribution in [3.63, 3.8) is 0 Å². The molecule has 132 valence electrons. The molecule has 0 saturated heterocycles. The van der Waals surface area contributed by atoms with Crippen LogP contribution in [0.2, 0.25) is 0 Å². The molecule has 0 radical (unpaired) electrons. The summed E-state index contributed by atoms with van der Waals surface area (Å²) < 4.78 is 5.08. The molecule has 4 nitrogen and oxygen atoms in total. The van der Waals surface area contributed by atoms with Crippen LogP contribution in [-0.2, 0) is 4.79 Å². The van der Waals surface area contributed by atoms with Gasteiger partial charge in [-0.1, -0.05) is 32.1 Å². The van der Waals surface area contributed by atoms with Gasteiger partial charge in [0, 0.05) is 32.0 Å². The van der Waals surface area contributed by atoms with Gasteiger partial charge in [0.05, 0.1) is 7.11 Å². The normalized spacial score (nSPS) is 15.1. The minimum atomic E-state index is 0.00619. The van der Waals surface area contributed by atoms with Crippen molar-refractivity contribution in [3.8, 4) is 5.75 Å². The monoisotopic (exact) mass is 331 g/mol. The van der Waals surface area contributed by atoms with Gasteiger partial charge in [-0.25, -0.2) is 0 Å². The number of nitrogens with zero attached hydrogens (tertiary/aromatic N) is 1. The molecule has 0 heterocycles. The Bertz CT molecular complexity index is 532. The highest BCUT2D eigenvalue weighted by Gasteiger charge is 2.17. The van der Waals surface area contributed by atoms with Gasteiger partial charge in [-0.3, -0.25) is 9.59 Å². The van der Waals surface area contributed by atoms with E-state index < -0.39 is 0 Å². The molecular formula is C20H29NO3. The van der Waals surface area contributed by atoms with Crippen molar-refractivity contribution in [1.82, 2.24) is 4.90 Å². The maximum absolute atomic E-state index is 12.2. The zero-order chi connectivity index (χ0) is 17.4. The molecule has 0 bridgehead atoms. The number of amides is 1. The Hall–Kier alpha value is -1.84. The van der Waals surface area contributed by atoms with E-state index in [0.29, 0.717) is 5.56 Å². The van der Waals surface area contributed by atoms with Crippen molar-refractivity contribution in [3.05, 3.63) is 29.8 Å². The summed E-state index contributed by atoms with van der Waals surface area (Å²) in [7, 11) is 3.45. The molecule has 2 rings (SSSR count). The summed E-state index contributed by atoms with van der Waals surface area (Å²) in [4.78, 5) is 26.2. The maximum Gasteiger partial charge on any atom is 0.222 e. The fourth-order valence-corrected chi connectivity index (χ4v) is 3.31. The van der Waals surface area contributed by atoms with Crippen molar-refractivity contribution in [2.45, 2.75) is 51.4 Å². The van der Waals surface area contributed by atoms with Crippen molar-refractivity contribution in [2.75, 3.05) is 20.7 Å². The lowest BCUT2D eigenvalue weighted by Crippen LogP contribution is -2.29. The van der Waals surface area contributed by atoms with E-state index in [9.17, 15) is 9.59 Å². The van der Waals surface area contributed by atoms with Gasteiger partial charge < -0.3 is 9.64 Å². The third-order valence-corrected chi connectivity index (χ3v) is 5.00. The molecule has 1 aromatic rings. The molecule has 1 aromatic carbocycles. The SMILES string of the molecule is COc1ccc(C(=O)CCC(=O)N(C)CCC2CCCCC2)cc1. The number of carbonyl (C=O) groups excluding carboxylic acids is 2. The minimum absolute atomic E-state index is 0.00619. The minimum Gasteiger partial charge on any atom is -0.497 e. The number of hydrogen-bond donors (Lipinski definition) is 0. The predicted molar refractivity (Wildman–Crippen MR) is 95.4 cm³/mol.